The van der Waals surface area contributed by atoms with Gasteiger partial charge in [0.05, 0.1) is 11.8 Å². The summed E-state index contributed by atoms with van der Waals surface area (Å²) in [6.07, 6.45) is 2.55. The molecule has 76 valence electrons. The summed E-state index contributed by atoms with van der Waals surface area (Å²) in [5.41, 5.74) is 1.08. The van der Waals surface area contributed by atoms with E-state index in [2.05, 4.69) is 16.8 Å². The second-order valence-corrected chi connectivity index (χ2v) is 3.87. The van der Waals surface area contributed by atoms with E-state index in [9.17, 15) is 5.11 Å². The number of nitrogens with zero attached hydrogens (tertiary/aromatic N) is 2. The van der Waals surface area contributed by atoms with Gasteiger partial charge in [0.25, 0.3) is 0 Å². The fourth-order valence-electron chi connectivity index (χ4n) is 1.93. The summed E-state index contributed by atoms with van der Waals surface area (Å²) in [5.74, 6) is 0. The minimum Gasteiger partial charge on any atom is -0.392 e. The Labute approximate surface area is 84.4 Å². The average molecular weight is 192 g/mol. The summed E-state index contributed by atoms with van der Waals surface area (Å²) in [7, 11) is 0. The molecular weight excluding hydrogens is 176 g/mol. The second kappa shape index (κ2) is 4.07. The molecule has 3 nitrogen and oxygen atoms in total. The van der Waals surface area contributed by atoms with E-state index in [0.29, 0.717) is 6.04 Å². The molecule has 1 N–H and O–H groups in total. The Morgan fingerprint density at radius 3 is 3.00 bits per heavy atom. The maximum Gasteiger partial charge on any atom is 0.0679 e. The summed E-state index contributed by atoms with van der Waals surface area (Å²) in [6.45, 7) is 3.89. The molecule has 2 rings (SSSR count). The molecular formula is C11H16N2O. The van der Waals surface area contributed by atoms with E-state index in [1.165, 1.54) is 0 Å². The predicted octanol–water partition coefficient (Wildman–Crippen LogP) is 1.21. The third-order valence-electron chi connectivity index (χ3n) is 2.86. The molecule has 1 fully saturated rings. The Hall–Kier alpha value is -0.930. The highest BCUT2D eigenvalue weighted by Gasteiger charge is 2.25. The van der Waals surface area contributed by atoms with Crippen molar-refractivity contribution in [3.63, 3.8) is 0 Å². The summed E-state index contributed by atoms with van der Waals surface area (Å²) < 4.78 is 0. The van der Waals surface area contributed by atoms with Gasteiger partial charge >= 0.3 is 0 Å². The van der Waals surface area contributed by atoms with Gasteiger partial charge in [-0.15, -0.1) is 0 Å². The number of hydrogen-bond acceptors (Lipinski definition) is 3. The van der Waals surface area contributed by atoms with E-state index in [0.717, 1.165) is 25.2 Å². The molecule has 0 aromatic carbocycles. The lowest BCUT2D eigenvalue weighted by molar-refractivity contribution is 0.162. The first kappa shape index (κ1) is 9.62. The molecule has 1 aliphatic rings. The maximum atomic E-state index is 9.43. The van der Waals surface area contributed by atoms with Crippen LogP contribution < -0.4 is 0 Å². The number of aliphatic hydroxyl groups excluding tert-OH is 1. The normalized spacial score (nSPS) is 25.1. The Balaban J connectivity index is 2.05. The van der Waals surface area contributed by atoms with Gasteiger partial charge in [0.1, 0.15) is 0 Å². The molecule has 0 radical (unpaired) electrons. The van der Waals surface area contributed by atoms with Gasteiger partial charge in [0.2, 0.25) is 0 Å². The lowest BCUT2D eigenvalue weighted by atomic mass is 10.2. The van der Waals surface area contributed by atoms with Crippen LogP contribution in [0.2, 0.25) is 0 Å². The Kier molecular flexibility index (Phi) is 2.79. The van der Waals surface area contributed by atoms with Crippen LogP contribution in [0.25, 0.3) is 0 Å². The van der Waals surface area contributed by atoms with Gasteiger partial charge in [-0.1, -0.05) is 6.07 Å². The predicted molar refractivity (Wildman–Crippen MR) is 54.8 cm³/mol. The zero-order chi connectivity index (χ0) is 9.97. The van der Waals surface area contributed by atoms with Gasteiger partial charge < -0.3 is 5.11 Å². The van der Waals surface area contributed by atoms with Crippen LogP contribution in [0.15, 0.2) is 24.4 Å². The van der Waals surface area contributed by atoms with Crippen molar-refractivity contribution in [1.29, 1.82) is 0 Å². The number of β-amino-alcohol motifs (C(OH)–C–C–N with tert-alkyl or cyclic N) is 1. The highest BCUT2D eigenvalue weighted by Crippen LogP contribution is 2.22. The molecule has 2 atom stereocenters. The van der Waals surface area contributed by atoms with Gasteiger partial charge in [-0.3, -0.25) is 9.88 Å². The fraction of sp³-hybridized carbons (Fsp3) is 0.545. The molecule has 3 heteroatoms. The van der Waals surface area contributed by atoms with Crippen LogP contribution in [0.5, 0.6) is 0 Å². The van der Waals surface area contributed by atoms with Crippen LogP contribution in [-0.2, 0) is 0 Å². The number of pyridine rings is 1. The van der Waals surface area contributed by atoms with Crippen LogP contribution in [0.4, 0.5) is 0 Å². The molecule has 14 heavy (non-hydrogen) atoms. The summed E-state index contributed by atoms with van der Waals surface area (Å²) in [4.78, 5) is 6.60. The van der Waals surface area contributed by atoms with E-state index in [-0.39, 0.29) is 6.10 Å². The Bertz CT molecular complexity index is 289. The van der Waals surface area contributed by atoms with Crippen molar-refractivity contribution in [2.75, 3.05) is 13.1 Å². The van der Waals surface area contributed by atoms with Crippen molar-refractivity contribution >= 4 is 0 Å². The fourth-order valence-corrected chi connectivity index (χ4v) is 1.93. The summed E-state index contributed by atoms with van der Waals surface area (Å²) in [5, 5.41) is 9.43. The van der Waals surface area contributed by atoms with Crippen molar-refractivity contribution in [1.82, 2.24) is 9.88 Å². The molecule has 0 unspecified atom stereocenters. The first-order chi connectivity index (χ1) is 6.77. The lowest BCUT2D eigenvalue weighted by Crippen LogP contribution is -2.26. The summed E-state index contributed by atoms with van der Waals surface area (Å²) >= 11 is 0. The first-order valence-electron chi connectivity index (χ1n) is 5.10. The molecule has 1 aliphatic heterocycles. The monoisotopic (exact) mass is 192 g/mol. The van der Waals surface area contributed by atoms with E-state index >= 15 is 0 Å². The third-order valence-corrected chi connectivity index (χ3v) is 2.86. The zero-order valence-corrected chi connectivity index (χ0v) is 8.43. The van der Waals surface area contributed by atoms with Crippen molar-refractivity contribution in [2.45, 2.75) is 25.5 Å². The highest BCUT2D eigenvalue weighted by molar-refractivity contribution is 5.08. The number of aliphatic hydroxyl groups is 1. The largest absolute Gasteiger partial charge is 0.392 e. The van der Waals surface area contributed by atoms with Crippen molar-refractivity contribution in [3.8, 4) is 0 Å². The topological polar surface area (TPSA) is 36.4 Å². The highest BCUT2D eigenvalue weighted by atomic mass is 16.3. The van der Waals surface area contributed by atoms with Gasteiger partial charge in [-0.2, -0.15) is 0 Å². The van der Waals surface area contributed by atoms with Crippen molar-refractivity contribution < 1.29 is 5.11 Å². The second-order valence-electron chi connectivity index (χ2n) is 3.87. The van der Waals surface area contributed by atoms with Gasteiger partial charge in [0, 0.05) is 25.3 Å². The Morgan fingerprint density at radius 1 is 1.57 bits per heavy atom. The molecule has 0 amide bonds. The molecule has 0 saturated carbocycles. The molecule has 0 bridgehead atoms. The average Bonchev–Trinajstić information content (AvgIpc) is 2.65. The quantitative estimate of drug-likeness (QED) is 0.765. The van der Waals surface area contributed by atoms with E-state index in [1.807, 2.05) is 24.4 Å². The minimum absolute atomic E-state index is 0.152. The molecule has 1 aromatic heterocycles. The molecule has 0 aliphatic carbocycles. The van der Waals surface area contributed by atoms with Crippen molar-refractivity contribution in [3.05, 3.63) is 30.1 Å². The molecule has 1 aromatic rings. The number of rotatable bonds is 2. The number of hydrogen-bond donors (Lipinski definition) is 1. The number of aromatic nitrogens is 1. The zero-order valence-electron chi connectivity index (χ0n) is 8.43. The Morgan fingerprint density at radius 2 is 2.43 bits per heavy atom. The lowest BCUT2D eigenvalue weighted by Gasteiger charge is -2.22. The summed E-state index contributed by atoms with van der Waals surface area (Å²) in [6, 6.07) is 6.28. The van der Waals surface area contributed by atoms with Gasteiger partial charge in [0.15, 0.2) is 0 Å². The van der Waals surface area contributed by atoms with Crippen molar-refractivity contribution in [2.24, 2.45) is 0 Å². The molecule has 2 heterocycles. The number of likely N-dealkylation sites (tertiary alicyclic amines) is 1. The third kappa shape index (κ3) is 1.94. The van der Waals surface area contributed by atoms with Gasteiger partial charge in [-0.05, 0) is 25.5 Å². The van der Waals surface area contributed by atoms with Crippen LogP contribution in [0.3, 0.4) is 0 Å². The van der Waals surface area contributed by atoms with Crippen LogP contribution >= 0.6 is 0 Å². The minimum atomic E-state index is -0.152. The van der Waals surface area contributed by atoms with Crippen LogP contribution in [0.1, 0.15) is 25.1 Å². The van der Waals surface area contributed by atoms with Crippen LogP contribution in [0, 0.1) is 0 Å². The molecule has 1 saturated heterocycles. The van der Waals surface area contributed by atoms with Crippen LogP contribution in [-0.4, -0.2) is 34.2 Å². The first-order valence-corrected chi connectivity index (χ1v) is 5.10. The van der Waals surface area contributed by atoms with Gasteiger partial charge in [-0.25, -0.2) is 0 Å². The van der Waals surface area contributed by atoms with E-state index in [4.69, 9.17) is 0 Å². The smallest absolute Gasteiger partial charge is 0.0679 e. The standard InChI is InChI=1S/C11H16N2O/c1-9(11-4-2-3-6-12-11)13-7-5-10(14)8-13/h2-4,6,9-10,14H,5,7-8H2,1H3/t9-,10-/m0/s1. The maximum absolute atomic E-state index is 9.43. The SMILES string of the molecule is C[C@@H](c1ccccn1)N1CC[C@H](O)C1. The van der Waals surface area contributed by atoms with E-state index < -0.39 is 0 Å². The van der Waals surface area contributed by atoms with E-state index in [1.54, 1.807) is 0 Å². The molecule has 0 spiro atoms.